The van der Waals surface area contributed by atoms with Crippen molar-refractivity contribution in [2.24, 2.45) is 4.99 Å². The summed E-state index contributed by atoms with van der Waals surface area (Å²) >= 11 is 3.45. The van der Waals surface area contributed by atoms with Crippen molar-refractivity contribution in [3.63, 3.8) is 0 Å². The van der Waals surface area contributed by atoms with Gasteiger partial charge in [0.25, 0.3) is 11.6 Å². The number of rotatable bonds is 5. The molecule has 0 aliphatic carbocycles. The summed E-state index contributed by atoms with van der Waals surface area (Å²) in [4.78, 5) is 29.9. The molecule has 1 heterocycles. The van der Waals surface area contributed by atoms with Crippen LogP contribution in [0, 0.1) is 10.1 Å². The molecule has 7 nitrogen and oxygen atoms in total. The van der Waals surface area contributed by atoms with Crippen LogP contribution in [-0.2, 0) is 4.79 Å². The molecule has 3 aromatic carbocycles. The van der Waals surface area contributed by atoms with Gasteiger partial charge in [-0.2, -0.15) is 0 Å². The first-order valence-corrected chi connectivity index (χ1v) is 10.0. The Hall–Kier alpha value is -3.78. The Morgan fingerprint density at radius 1 is 1.06 bits per heavy atom. The SMILES string of the molecule is COc1ccc(C2=N/C(=C/c3ccc([N+](=O)[O-])cc3)C(=O)N2c2cccc(Br)c2)cc1. The predicted octanol–water partition coefficient (Wildman–Crippen LogP) is 5.20. The summed E-state index contributed by atoms with van der Waals surface area (Å²) in [6.07, 6.45) is 1.62. The number of non-ortho nitro benzene ring substituents is 1. The molecular weight excluding hydrogens is 462 g/mol. The van der Waals surface area contributed by atoms with Gasteiger partial charge in [-0.15, -0.1) is 0 Å². The van der Waals surface area contributed by atoms with Gasteiger partial charge in [-0.25, -0.2) is 4.99 Å². The Labute approximate surface area is 186 Å². The highest BCUT2D eigenvalue weighted by atomic mass is 79.9. The molecule has 0 atom stereocenters. The van der Waals surface area contributed by atoms with E-state index in [0.717, 1.165) is 10.0 Å². The van der Waals surface area contributed by atoms with Crippen molar-refractivity contribution in [2.45, 2.75) is 0 Å². The van der Waals surface area contributed by atoms with E-state index < -0.39 is 4.92 Å². The van der Waals surface area contributed by atoms with Gasteiger partial charge < -0.3 is 4.74 Å². The zero-order chi connectivity index (χ0) is 22.0. The maximum absolute atomic E-state index is 13.3. The number of carbonyl (C=O) groups is 1. The largest absolute Gasteiger partial charge is 0.497 e. The molecule has 154 valence electrons. The number of halogens is 1. The zero-order valence-electron chi connectivity index (χ0n) is 16.4. The fourth-order valence-electron chi connectivity index (χ4n) is 3.16. The van der Waals surface area contributed by atoms with Crippen LogP contribution in [0.4, 0.5) is 11.4 Å². The third-order valence-electron chi connectivity index (χ3n) is 4.68. The number of benzene rings is 3. The van der Waals surface area contributed by atoms with Gasteiger partial charge in [0.1, 0.15) is 17.3 Å². The van der Waals surface area contributed by atoms with Crippen LogP contribution in [0.25, 0.3) is 6.08 Å². The van der Waals surface area contributed by atoms with E-state index >= 15 is 0 Å². The molecule has 31 heavy (non-hydrogen) atoms. The van der Waals surface area contributed by atoms with Crippen molar-refractivity contribution in [1.29, 1.82) is 0 Å². The molecule has 8 heteroatoms. The molecule has 0 N–H and O–H groups in total. The van der Waals surface area contributed by atoms with Crippen molar-refractivity contribution in [1.82, 2.24) is 0 Å². The monoisotopic (exact) mass is 477 g/mol. The first-order chi connectivity index (χ1) is 15.0. The second-order valence-electron chi connectivity index (χ2n) is 6.66. The van der Waals surface area contributed by atoms with Gasteiger partial charge >= 0.3 is 0 Å². The molecule has 0 saturated heterocycles. The fourth-order valence-corrected chi connectivity index (χ4v) is 3.54. The van der Waals surface area contributed by atoms with Crippen LogP contribution in [0.5, 0.6) is 5.75 Å². The molecule has 0 bridgehead atoms. The maximum atomic E-state index is 13.3. The van der Waals surface area contributed by atoms with Crippen LogP contribution in [0.2, 0.25) is 0 Å². The lowest BCUT2D eigenvalue weighted by Gasteiger charge is -2.19. The molecule has 3 aromatic rings. The number of amides is 1. The lowest BCUT2D eigenvalue weighted by molar-refractivity contribution is -0.384. The van der Waals surface area contributed by atoms with Crippen molar-refractivity contribution < 1.29 is 14.5 Å². The van der Waals surface area contributed by atoms with Gasteiger partial charge in [0.2, 0.25) is 0 Å². The molecule has 0 saturated carbocycles. The summed E-state index contributed by atoms with van der Waals surface area (Å²) < 4.78 is 6.05. The molecule has 1 aliphatic heterocycles. The van der Waals surface area contributed by atoms with E-state index in [-0.39, 0.29) is 17.3 Å². The topological polar surface area (TPSA) is 85.0 Å². The van der Waals surface area contributed by atoms with Gasteiger partial charge in [0.15, 0.2) is 0 Å². The van der Waals surface area contributed by atoms with E-state index in [1.807, 2.05) is 36.4 Å². The van der Waals surface area contributed by atoms with Crippen molar-refractivity contribution >= 4 is 45.1 Å². The van der Waals surface area contributed by atoms with Gasteiger partial charge in [-0.3, -0.25) is 19.8 Å². The summed E-state index contributed by atoms with van der Waals surface area (Å²) in [6, 6.07) is 20.6. The Kier molecular flexibility index (Phi) is 5.64. The number of amidine groups is 1. The number of aliphatic imine (C=N–C) groups is 1. The number of methoxy groups -OCH3 is 1. The van der Waals surface area contributed by atoms with Crippen LogP contribution in [0.1, 0.15) is 11.1 Å². The quantitative estimate of drug-likeness (QED) is 0.287. The van der Waals surface area contributed by atoms with E-state index in [1.54, 1.807) is 42.4 Å². The van der Waals surface area contributed by atoms with E-state index in [9.17, 15) is 14.9 Å². The summed E-state index contributed by atoms with van der Waals surface area (Å²) in [7, 11) is 1.59. The van der Waals surface area contributed by atoms with Crippen molar-refractivity contribution in [2.75, 3.05) is 12.0 Å². The number of ether oxygens (including phenoxy) is 1. The minimum absolute atomic E-state index is 0.0157. The van der Waals surface area contributed by atoms with Crippen molar-refractivity contribution in [3.05, 3.63) is 104 Å². The standard InChI is InChI=1S/C23H16BrN3O4/c1-31-20-11-7-16(8-12-20)22-25-21(13-15-5-9-18(10-6-15)27(29)30)23(28)26(22)19-4-2-3-17(24)14-19/h2-14H,1H3/b21-13+. The van der Waals surface area contributed by atoms with E-state index in [4.69, 9.17) is 4.74 Å². The predicted molar refractivity (Wildman–Crippen MR) is 122 cm³/mol. The molecule has 0 radical (unpaired) electrons. The van der Waals surface area contributed by atoms with Gasteiger partial charge in [-0.1, -0.05) is 22.0 Å². The molecule has 0 aromatic heterocycles. The van der Waals surface area contributed by atoms with Gasteiger partial charge in [0, 0.05) is 22.2 Å². The maximum Gasteiger partial charge on any atom is 0.282 e. The first-order valence-electron chi connectivity index (χ1n) is 9.25. The zero-order valence-corrected chi connectivity index (χ0v) is 17.9. The summed E-state index contributed by atoms with van der Waals surface area (Å²) in [6.45, 7) is 0. The summed E-state index contributed by atoms with van der Waals surface area (Å²) in [5, 5.41) is 10.9. The minimum atomic E-state index is -0.466. The number of nitro benzene ring substituents is 1. The smallest absolute Gasteiger partial charge is 0.282 e. The van der Waals surface area contributed by atoms with Gasteiger partial charge in [-0.05, 0) is 66.2 Å². The van der Waals surface area contributed by atoms with E-state index in [1.165, 1.54) is 12.1 Å². The lowest BCUT2D eigenvalue weighted by atomic mass is 10.1. The highest BCUT2D eigenvalue weighted by Crippen LogP contribution is 2.30. The van der Waals surface area contributed by atoms with Crippen LogP contribution in [0.15, 0.2) is 88.0 Å². The molecule has 0 spiro atoms. The molecule has 4 rings (SSSR count). The lowest BCUT2D eigenvalue weighted by Crippen LogP contribution is -2.32. The second kappa shape index (κ2) is 8.53. The van der Waals surface area contributed by atoms with Crippen LogP contribution < -0.4 is 9.64 Å². The van der Waals surface area contributed by atoms with E-state index in [2.05, 4.69) is 20.9 Å². The first kappa shape index (κ1) is 20.5. The van der Waals surface area contributed by atoms with Crippen LogP contribution >= 0.6 is 15.9 Å². The van der Waals surface area contributed by atoms with Crippen LogP contribution in [-0.4, -0.2) is 23.8 Å². The van der Waals surface area contributed by atoms with E-state index in [0.29, 0.717) is 22.8 Å². The number of carbonyl (C=O) groups excluding carboxylic acids is 1. The van der Waals surface area contributed by atoms with Gasteiger partial charge in [0.05, 0.1) is 17.7 Å². The fraction of sp³-hybridized carbons (Fsp3) is 0.0435. The second-order valence-corrected chi connectivity index (χ2v) is 7.58. The Balaban J connectivity index is 1.78. The molecular formula is C23H16BrN3O4. The summed E-state index contributed by atoms with van der Waals surface area (Å²) in [5.41, 5.74) is 2.28. The Bertz CT molecular complexity index is 1220. The number of hydrogen-bond donors (Lipinski definition) is 0. The summed E-state index contributed by atoms with van der Waals surface area (Å²) in [5.74, 6) is 0.894. The minimum Gasteiger partial charge on any atom is -0.497 e. The Morgan fingerprint density at radius 3 is 2.39 bits per heavy atom. The number of hydrogen-bond acceptors (Lipinski definition) is 5. The molecule has 0 fully saturated rings. The molecule has 0 unspecified atom stereocenters. The van der Waals surface area contributed by atoms with Crippen molar-refractivity contribution in [3.8, 4) is 5.75 Å². The third-order valence-corrected chi connectivity index (χ3v) is 5.18. The normalized spacial score (nSPS) is 14.6. The Morgan fingerprint density at radius 2 is 1.77 bits per heavy atom. The third kappa shape index (κ3) is 4.24. The average Bonchev–Trinajstić information content (AvgIpc) is 3.10. The number of anilines is 1. The number of nitro groups is 1. The number of nitrogens with zero attached hydrogens (tertiary/aromatic N) is 3. The highest BCUT2D eigenvalue weighted by Gasteiger charge is 2.32. The average molecular weight is 478 g/mol. The van der Waals surface area contributed by atoms with Crippen LogP contribution in [0.3, 0.4) is 0 Å². The molecule has 1 amide bonds. The highest BCUT2D eigenvalue weighted by molar-refractivity contribution is 9.10. The molecule has 1 aliphatic rings.